The Morgan fingerprint density at radius 1 is 1.39 bits per heavy atom. The number of likely N-dealkylation sites (N-methyl/N-ethyl adjacent to an activating group) is 1. The van der Waals surface area contributed by atoms with Crippen LogP contribution in [0.3, 0.4) is 0 Å². The Morgan fingerprint density at radius 3 is 2.79 bits per heavy atom. The maximum atomic E-state index is 11.6. The van der Waals surface area contributed by atoms with Gasteiger partial charge >= 0.3 is 0 Å². The number of ether oxygens (including phenoxy) is 1. The van der Waals surface area contributed by atoms with E-state index >= 15 is 0 Å². The van der Waals surface area contributed by atoms with Crippen LogP contribution in [0.25, 0.3) is 5.70 Å². The zero-order valence-electron chi connectivity index (χ0n) is 17.1. The molecule has 2 heterocycles. The number of hydrogen-bond acceptors (Lipinski definition) is 6. The third-order valence-electron chi connectivity index (χ3n) is 6.19. The molecule has 3 rings (SSSR count). The lowest BCUT2D eigenvalue weighted by Gasteiger charge is -2.52. The number of allylic oxidation sites excluding steroid dienone is 1. The van der Waals surface area contributed by atoms with Gasteiger partial charge in [-0.2, -0.15) is 0 Å². The van der Waals surface area contributed by atoms with Crippen molar-refractivity contribution < 1.29 is 14.6 Å². The minimum absolute atomic E-state index is 0.0231. The highest BCUT2D eigenvalue weighted by Gasteiger charge is 2.54. The quantitative estimate of drug-likeness (QED) is 0.327. The number of piperidine rings is 1. The summed E-state index contributed by atoms with van der Waals surface area (Å²) in [6.07, 6.45) is 9.27. The molecule has 7 heteroatoms. The molecule has 1 atom stereocenters. The maximum Gasteiger partial charge on any atom is 0.173 e. The van der Waals surface area contributed by atoms with Crippen molar-refractivity contribution in [2.45, 2.75) is 37.7 Å². The van der Waals surface area contributed by atoms with E-state index in [1.54, 1.807) is 13.4 Å². The van der Waals surface area contributed by atoms with Crippen molar-refractivity contribution in [1.29, 1.82) is 0 Å². The molecular formula is C21H31N3O3S. The Labute approximate surface area is 171 Å². The zero-order valence-corrected chi connectivity index (χ0v) is 17.9. The Kier molecular flexibility index (Phi) is 6.58. The second kappa shape index (κ2) is 8.76. The van der Waals surface area contributed by atoms with Crippen molar-refractivity contribution in [3.05, 3.63) is 23.1 Å². The summed E-state index contributed by atoms with van der Waals surface area (Å²) in [6, 6.07) is 3.76. The van der Waals surface area contributed by atoms with E-state index in [1.807, 2.05) is 24.1 Å². The molecule has 1 saturated heterocycles. The van der Waals surface area contributed by atoms with E-state index in [0.29, 0.717) is 12.2 Å². The lowest BCUT2D eigenvalue weighted by Crippen LogP contribution is -2.62. The van der Waals surface area contributed by atoms with E-state index in [4.69, 9.17) is 4.74 Å². The number of likely N-dealkylation sites (tertiary alicyclic amines) is 1. The van der Waals surface area contributed by atoms with Crippen LogP contribution in [0.5, 0.6) is 5.06 Å². The number of aldehydes is 1. The monoisotopic (exact) mass is 405 g/mol. The second-order valence-electron chi connectivity index (χ2n) is 8.18. The topological polar surface area (TPSA) is 65.4 Å². The predicted molar refractivity (Wildman–Crippen MR) is 114 cm³/mol. The molecule has 28 heavy (non-hydrogen) atoms. The minimum atomic E-state index is -0.711. The summed E-state index contributed by atoms with van der Waals surface area (Å²) in [7, 11) is 5.71. The number of thiophene rings is 1. The Morgan fingerprint density at radius 2 is 2.14 bits per heavy atom. The fourth-order valence-corrected chi connectivity index (χ4v) is 5.54. The summed E-state index contributed by atoms with van der Waals surface area (Å²) in [5.41, 5.74) is -0.136. The van der Waals surface area contributed by atoms with Crippen molar-refractivity contribution in [3.8, 4) is 5.06 Å². The van der Waals surface area contributed by atoms with Crippen molar-refractivity contribution in [1.82, 2.24) is 9.80 Å². The first-order valence-electron chi connectivity index (χ1n) is 9.86. The normalized spacial score (nSPS) is 25.5. The van der Waals surface area contributed by atoms with Gasteiger partial charge in [-0.1, -0.05) is 24.2 Å². The molecule has 1 unspecified atom stereocenters. The Hall–Kier alpha value is -1.70. The average molecular weight is 406 g/mol. The SMILES string of the molecule is COc1ccc(/C(=C/C=O)N=CN(C)CC2(O)CCN(C)CC23CCCC3)s1. The lowest BCUT2D eigenvalue weighted by atomic mass is 9.66. The molecule has 154 valence electrons. The van der Waals surface area contributed by atoms with E-state index in [2.05, 4.69) is 16.9 Å². The van der Waals surface area contributed by atoms with Crippen LogP contribution in [0.2, 0.25) is 0 Å². The number of rotatable bonds is 7. The Balaban J connectivity index is 1.73. The van der Waals surface area contributed by atoms with Crippen LogP contribution in [-0.2, 0) is 4.79 Å². The van der Waals surface area contributed by atoms with Crippen molar-refractivity contribution in [2.75, 3.05) is 40.8 Å². The third-order valence-corrected chi connectivity index (χ3v) is 7.26. The summed E-state index contributed by atoms with van der Waals surface area (Å²) < 4.78 is 5.23. The molecule has 1 N–H and O–H groups in total. The Bertz CT molecular complexity index is 739. The fraction of sp³-hybridized carbons (Fsp3) is 0.619. The smallest absolute Gasteiger partial charge is 0.173 e. The van der Waals surface area contributed by atoms with E-state index in [9.17, 15) is 9.90 Å². The van der Waals surface area contributed by atoms with Gasteiger partial charge in [-0.25, -0.2) is 4.99 Å². The van der Waals surface area contributed by atoms with E-state index < -0.39 is 5.60 Å². The van der Waals surface area contributed by atoms with Gasteiger partial charge in [0.25, 0.3) is 0 Å². The summed E-state index contributed by atoms with van der Waals surface area (Å²) in [5, 5.41) is 12.4. The highest BCUT2D eigenvalue weighted by Crippen LogP contribution is 2.50. The van der Waals surface area contributed by atoms with Crippen LogP contribution in [0.1, 0.15) is 37.0 Å². The number of carbonyl (C=O) groups excluding carboxylic acids is 1. The molecule has 0 aromatic carbocycles. The number of aliphatic hydroxyl groups is 1. The first-order valence-corrected chi connectivity index (χ1v) is 10.7. The van der Waals surface area contributed by atoms with Crippen LogP contribution >= 0.6 is 11.3 Å². The summed E-state index contributed by atoms with van der Waals surface area (Å²) >= 11 is 1.45. The standard InChI is InChI=1S/C21H31N3O3S/c1-23-12-11-21(26,20(14-23)9-4-5-10-20)15-24(2)16-22-17(8-13-25)18-6-7-19(27-3)28-18/h6-8,13,16,26H,4-5,9-12,14-15H2,1-3H3/b17-8-,22-16?. The van der Waals surface area contributed by atoms with E-state index in [1.165, 1.54) is 30.3 Å². The molecule has 1 spiro atoms. The fourth-order valence-electron chi connectivity index (χ4n) is 4.74. The van der Waals surface area contributed by atoms with Gasteiger partial charge in [0, 0.05) is 38.2 Å². The molecule has 6 nitrogen and oxygen atoms in total. The molecule has 0 radical (unpaired) electrons. The van der Waals surface area contributed by atoms with Gasteiger partial charge in [0.2, 0.25) is 0 Å². The third kappa shape index (κ3) is 4.31. The summed E-state index contributed by atoms with van der Waals surface area (Å²) in [6.45, 7) is 2.42. The molecule has 1 aromatic rings. The molecule has 0 bridgehead atoms. The minimum Gasteiger partial charge on any atom is -0.487 e. The molecule has 1 saturated carbocycles. The summed E-state index contributed by atoms with van der Waals surface area (Å²) in [4.78, 5) is 20.7. The van der Waals surface area contributed by atoms with Crippen LogP contribution in [0, 0.1) is 5.41 Å². The van der Waals surface area contributed by atoms with Gasteiger partial charge in [0.05, 0.1) is 29.6 Å². The zero-order chi connectivity index (χ0) is 20.2. The second-order valence-corrected chi connectivity index (χ2v) is 9.22. The van der Waals surface area contributed by atoms with Crippen molar-refractivity contribution in [2.24, 2.45) is 10.4 Å². The molecule has 1 aliphatic heterocycles. The first kappa shape index (κ1) is 21.0. The molecule has 0 amide bonds. The number of methoxy groups -OCH3 is 1. The van der Waals surface area contributed by atoms with Crippen LogP contribution in [0.15, 0.2) is 23.2 Å². The van der Waals surface area contributed by atoms with Crippen LogP contribution in [0.4, 0.5) is 0 Å². The van der Waals surface area contributed by atoms with Gasteiger partial charge < -0.3 is 19.6 Å². The number of aliphatic imine (C=N–C) groups is 1. The number of nitrogens with zero attached hydrogens (tertiary/aromatic N) is 3. The average Bonchev–Trinajstić information content (AvgIpc) is 3.33. The van der Waals surface area contributed by atoms with Gasteiger partial charge in [-0.05, 0) is 38.4 Å². The van der Waals surface area contributed by atoms with Crippen molar-refractivity contribution >= 4 is 29.7 Å². The molecular weight excluding hydrogens is 374 g/mol. The molecule has 1 aliphatic carbocycles. The van der Waals surface area contributed by atoms with Gasteiger partial charge in [-0.15, -0.1) is 0 Å². The molecule has 2 fully saturated rings. The van der Waals surface area contributed by atoms with Gasteiger partial charge in [0.1, 0.15) is 6.29 Å². The van der Waals surface area contributed by atoms with Crippen molar-refractivity contribution in [3.63, 3.8) is 0 Å². The van der Waals surface area contributed by atoms with Gasteiger partial charge in [0.15, 0.2) is 5.06 Å². The molecule has 1 aromatic heterocycles. The largest absolute Gasteiger partial charge is 0.487 e. The summed E-state index contributed by atoms with van der Waals surface area (Å²) in [5.74, 6) is 0. The lowest BCUT2D eigenvalue weighted by molar-refractivity contribution is -0.134. The highest BCUT2D eigenvalue weighted by molar-refractivity contribution is 7.14. The molecule has 2 aliphatic rings. The predicted octanol–water partition coefficient (Wildman–Crippen LogP) is 2.88. The van der Waals surface area contributed by atoms with Crippen LogP contribution < -0.4 is 4.74 Å². The van der Waals surface area contributed by atoms with Gasteiger partial charge in [-0.3, -0.25) is 4.79 Å². The number of hydrogen-bond donors (Lipinski definition) is 1. The first-order chi connectivity index (χ1) is 13.4. The highest BCUT2D eigenvalue weighted by atomic mass is 32.1. The maximum absolute atomic E-state index is 11.6. The van der Waals surface area contributed by atoms with E-state index in [0.717, 1.165) is 48.6 Å². The number of carbonyl (C=O) groups is 1. The van der Waals surface area contributed by atoms with E-state index in [-0.39, 0.29) is 5.41 Å². The van der Waals surface area contributed by atoms with Crippen LogP contribution in [-0.4, -0.2) is 74.0 Å².